The third-order valence-electron chi connectivity index (χ3n) is 9.31. The number of ether oxygens (including phenoxy) is 1. The molecule has 4 aromatic carbocycles. The van der Waals surface area contributed by atoms with Crippen molar-refractivity contribution in [3.8, 4) is 16.9 Å². The predicted molar refractivity (Wildman–Crippen MR) is 205 cm³/mol. The van der Waals surface area contributed by atoms with Crippen LogP contribution in [-0.2, 0) is 49.7 Å². The first-order valence-electron chi connectivity index (χ1n) is 18.0. The Kier molecular flexibility index (Phi) is 12.8. The Morgan fingerprint density at radius 1 is 0.625 bits per heavy atom. The molecule has 0 fully saturated rings. The van der Waals surface area contributed by atoms with Crippen molar-refractivity contribution in [2.45, 2.75) is 49.9 Å². The molecule has 2 bridgehead atoms. The van der Waals surface area contributed by atoms with Gasteiger partial charge in [0.15, 0.2) is 6.61 Å². The number of benzene rings is 4. The number of hydrogen-bond donors (Lipinski definition) is 5. The van der Waals surface area contributed by atoms with Gasteiger partial charge in [-0.15, -0.1) is 0 Å². The molecular formula is C43H40FN5O7. The summed E-state index contributed by atoms with van der Waals surface area (Å²) in [6, 6.07) is 27.1. The number of amides is 4. The number of pyridine rings is 1. The molecule has 1 aromatic heterocycles. The minimum Gasteiger partial charge on any atom is -0.484 e. The van der Waals surface area contributed by atoms with E-state index >= 15 is 0 Å². The molecule has 0 saturated heterocycles. The molecule has 0 saturated carbocycles. The highest BCUT2D eigenvalue weighted by atomic mass is 19.1. The lowest BCUT2D eigenvalue weighted by Crippen LogP contribution is -2.59. The van der Waals surface area contributed by atoms with Crippen LogP contribution in [0, 0.1) is 5.82 Å². The molecule has 13 heteroatoms. The van der Waals surface area contributed by atoms with E-state index in [0.29, 0.717) is 28.0 Å². The molecule has 7 rings (SSSR count). The minimum atomic E-state index is -1.39. The lowest BCUT2D eigenvalue weighted by atomic mass is 9.98. The van der Waals surface area contributed by atoms with E-state index in [9.17, 15) is 33.5 Å². The maximum atomic E-state index is 14.3. The van der Waals surface area contributed by atoms with Crippen molar-refractivity contribution in [1.29, 1.82) is 0 Å². The standard InChI is InChI=1S/C43H40FN5O7/c44-33-14-8-28(9-15-33)23-37-42(53)49-38(43(54)55)25-29-10-16-34(17-11-29)56-26-39(50)46-35(24-30-18-20-45-21-19-30)40(51)47-36(41(52)48-37)22-27-6-12-32(13-7-27)31-4-2-1-3-5-31/h1-21,35-38H,22-26H2,(H,46,50)(H,47,51)(H,48,52)(H,49,53)(H,54,55)/t35-,36+,37-,38-/m0/s1. The summed E-state index contributed by atoms with van der Waals surface area (Å²) in [5.41, 5.74) is 4.34. The average Bonchev–Trinajstić information content (AvgIpc) is 3.21. The second-order valence-electron chi connectivity index (χ2n) is 13.4. The number of carboxylic acid groups (broad SMARTS) is 1. The number of nitrogens with zero attached hydrogens (tertiary/aromatic N) is 1. The number of aromatic nitrogens is 1. The molecule has 56 heavy (non-hydrogen) atoms. The van der Waals surface area contributed by atoms with Crippen molar-refractivity contribution in [1.82, 2.24) is 26.3 Å². The third kappa shape index (κ3) is 10.8. The molecule has 5 N–H and O–H groups in total. The van der Waals surface area contributed by atoms with E-state index in [1.54, 1.807) is 48.8 Å². The van der Waals surface area contributed by atoms with Gasteiger partial charge >= 0.3 is 5.97 Å². The quantitative estimate of drug-likeness (QED) is 0.149. The van der Waals surface area contributed by atoms with E-state index in [-0.39, 0.29) is 25.7 Å². The summed E-state index contributed by atoms with van der Waals surface area (Å²) < 4.78 is 19.5. The number of rotatable bonds is 8. The highest BCUT2D eigenvalue weighted by Gasteiger charge is 2.32. The number of fused-ring (bicyclic) bond motifs is 16. The summed E-state index contributed by atoms with van der Waals surface area (Å²) >= 11 is 0. The zero-order valence-corrected chi connectivity index (χ0v) is 30.2. The number of carbonyl (C=O) groups excluding carboxylic acids is 4. The van der Waals surface area contributed by atoms with Crippen LogP contribution in [0.25, 0.3) is 11.1 Å². The van der Waals surface area contributed by atoms with Crippen LogP contribution in [0.4, 0.5) is 4.39 Å². The Bertz CT molecular complexity index is 2130. The predicted octanol–water partition coefficient (Wildman–Crippen LogP) is 3.57. The van der Waals surface area contributed by atoms with E-state index in [1.807, 2.05) is 54.6 Å². The van der Waals surface area contributed by atoms with Gasteiger partial charge in [-0.05, 0) is 69.8 Å². The van der Waals surface area contributed by atoms with Crippen LogP contribution in [0.3, 0.4) is 0 Å². The van der Waals surface area contributed by atoms with Gasteiger partial charge in [-0.2, -0.15) is 0 Å². The van der Waals surface area contributed by atoms with Crippen LogP contribution in [0.5, 0.6) is 5.75 Å². The van der Waals surface area contributed by atoms with Crippen molar-refractivity contribution in [3.05, 3.63) is 156 Å². The fourth-order valence-electron chi connectivity index (χ4n) is 6.30. The van der Waals surface area contributed by atoms with E-state index in [0.717, 1.165) is 11.1 Å². The van der Waals surface area contributed by atoms with Gasteiger partial charge in [-0.3, -0.25) is 24.2 Å². The first kappa shape index (κ1) is 38.8. The number of halogens is 1. The van der Waals surface area contributed by atoms with Gasteiger partial charge in [0.25, 0.3) is 5.91 Å². The molecule has 286 valence electrons. The molecule has 0 radical (unpaired) electrons. The second-order valence-corrected chi connectivity index (χ2v) is 13.4. The molecular weight excluding hydrogens is 717 g/mol. The average molecular weight is 758 g/mol. The van der Waals surface area contributed by atoms with Crippen LogP contribution in [-0.4, -0.2) is 70.5 Å². The summed E-state index contributed by atoms with van der Waals surface area (Å²) in [6.07, 6.45) is 2.93. The van der Waals surface area contributed by atoms with Crippen LogP contribution < -0.4 is 26.0 Å². The number of nitrogens with one attached hydrogen (secondary N) is 4. The molecule has 5 aromatic rings. The van der Waals surface area contributed by atoms with E-state index in [4.69, 9.17) is 4.74 Å². The topological polar surface area (TPSA) is 176 Å². The Hall–Kier alpha value is -6.89. The molecule has 0 aliphatic carbocycles. The van der Waals surface area contributed by atoms with E-state index < -0.39 is 66.2 Å². The van der Waals surface area contributed by atoms with Crippen molar-refractivity contribution in [3.63, 3.8) is 0 Å². The lowest BCUT2D eigenvalue weighted by Gasteiger charge is -2.26. The summed E-state index contributed by atoms with van der Waals surface area (Å²) in [7, 11) is 0. The van der Waals surface area contributed by atoms with Gasteiger partial charge in [0.2, 0.25) is 17.7 Å². The Balaban J connectivity index is 1.35. The number of hydrogen-bond acceptors (Lipinski definition) is 7. The van der Waals surface area contributed by atoms with Crippen LogP contribution >= 0.6 is 0 Å². The van der Waals surface area contributed by atoms with Crippen LogP contribution in [0.15, 0.2) is 128 Å². The molecule has 3 heterocycles. The first-order valence-corrected chi connectivity index (χ1v) is 18.0. The van der Waals surface area contributed by atoms with Crippen molar-refractivity contribution >= 4 is 29.6 Å². The van der Waals surface area contributed by atoms with Gasteiger partial charge in [-0.25, -0.2) is 9.18 Å². The summed E-state index contributed by atoms with van der Waals surface area (Å²) in [6.45, 7) is -0.435. The monoisotopic (exact) mass is 757 g/mol. The van der Waals surface area contributed by atoms with Crippen LogP contribution in [0.1, 0.15) is 22.3 Å². The van der Waals surface area contributed by atoms with Gasteiger partial charge in [0.1, 0.15) is 35.7 Å². The number of carboxylic acids is 1. The largest absolute Gasteiger partial charge is 0.484 e. The maximum Gasteiger partial charge on any atom is 0.326 e. The smallest absolute Gasteiger partial charge is 0.326 e. The third-order valence-corrected chi connectivity index (χ3v) is 9.31. The summed E-state index contributed by atoms with van der Waals surface area (Å²) in [5.74, 6) is -4.31. The first-order chi connectivity index (χ1) is 27.1. The summed E-state index contributed by atoms with van der Waals surface area (Å²) in [4.78, 5) is 72.0. The van der Waals surface area contributed by atoms with Crippen molar-refractivity contribution < 1.29 is 38.2 Å². The van der Waals surface area contributed by atoms with Gasteiger partial charge in [0, 0.05) is 38.1 Å². The highest BCUT2D eigenvalue weighted by molar-refractivity contribution is 5.95. The molecule has 2 aliphatic rings. The lowest BCUT2D eigenvalue weighted by molar-refractivity contribution is -0.142. The Morgan fingerprint density at radius 2 is 1.12 bits per heavy atom. The Morgan fingerprint density at radius 3 is 1.70 bits per heavy atom. The summed E-state index contributed by atoms with van der Waals surface area (Å²) in [5, 5.41) is 20.9. The molecule has 2 aliphatic heterocycles. The van der Waals surface area contributed by atoms with Crippen LogP contribution in [0.2, 0.25) is 0 Å². The maximum absolute atomic E-state index is 14.3. The van der Waals surface area contributed by atoms with Crippen molar-refractivity contribution in [2.75, 3.05) is 6.61 Å². The highest BCUT2D eigenvalue weighted by Crippen LogP contribution is 2.20. The molecule has 0 spiro atoms. The van der Waals surface area contributed by atoms with Gasteiger partial charge in [-0.1, -0.05) is 78.9 Å². The SMILES string of the molecule is O=C1COc2ccc(cc2)C[C@@H](C(=O)O)NC(=O)[C@H](Cc2ccc(F)cc2)NC(=O)[C@@H](Cc2ccc(-c3ccccc3)cc2)NC(=O)[C@H](Cc2ccncc2)N1. The number of carbonyl (C=O) groups is 5. The molecule has 4 amide bonds. The normalized spacial score (nSPS) is 19.5. The molecule has 12 nitrogen and oxygen atoms in total. The number of aliphatic carboxylic acids is 1. The fraction of sp³-hybridized carbons (Fsp3) is 0.209. The molecule has 0 unspecified atom stereocenters. The van der Waals surface area contributed by atoms with Gasteiger partial charge < -0.3 is 31.1 Å². The van der Waals surface area contributed by atoms with E-state index in [2.05, 4.69) is 26.3 Å². The zero-order valence-electron chi connectivity index (χ0n) is 30.2. The molecule has 4 atom stereocenters. The van der Waals surface area contributed by atoms with E-state index in [1.165, 1.54) is 24.3 Å². The minimum absolute atomic E-state index is 0.0116. The Labute approximate surface area is 322 Å². The zero-order chi connectivity index (χ0) is 39.4. The second kappa shape index (κ2) is 18.4. The fourth-order valence-corrected chi connectivity index (χ4v) is 6.30. The van der Waals surface area contributed by atoms with Gasteiger partial charge in [0.05, 0.1) is 0 Å². The van der Waals surface area contributed by atoms with Crippen molar-refractivity contribution in [2.24, 2.45) is 0 Å².